The summed E-state index contributed by atoms with van der Waals surface area (Å²) in [4.78, 5) is 11.5. The molecule has 1 unspecified atom stereocenters. The highest BCUT2D eigenvalue weighted by molar-refractivity contribution is 6.05. The Bertz CT molecular complexity index is 1270. The molecule has 1 atom stereocenters. The van der Waals surface area contributed by atoms with E-state index in [4.69, 9.17) is 10.7 Å². The molecule has 1 aromatic heterocycles. The molecule has 2 aliphatic heterocycles. The fourth-order valence-electron chi connectivity index (χ4n) is 5.03. The number of nitrogens with two attached hydrogens (primary N) is 1. The normalized spacial score (nSPS) is 24.2. The summed E-state index contributed by atoms with van der Waals surface area (Å²) >= 11 is 0. The van der Waals surface area contributed by atoms with Crippen LogP contribution in [0.25, 0.3) is 27.9 Å². The third-order valence-corrected chi connectivity index (χ3v) is 6.80. The second-order valence-electron chi connectivity index (χ2n) is 8.78. The number of benzene rings is 2. The molecule has 0 amide bonds. The van der Waals surface area contributed by atoms with Crippen molar-refractivity contribution >= 4 is 22.4 Å². The minimum atomic E-state index is 0.118. The number of pyridine rings is 1. The molecule has 4 N–H and O–H groups in total. The SMILES string of the molecule is NC1=NC=CN2C1=C(c1ccc3ccc(-c4ccccc4)nc3c1)NC2C1CC(CO)C1. The summed E-state index contributed by atoms with van der Waals surface area (Å²) in [5.74, 6) is 1.37. The van der Waals surface area contributed by atoms with Crippen molar-refractivity contribution in [2.45, 2.75) is 19.0 Å². The lowest BCUT2D eigenvalue weighted by Gasteiger charge is -2.42. The van der Waals surface area contributed by atoms with Crippen molar-refractivity contribution in [3.05, 3.63) is 84.3 Å². The van der Waals surface area contributed by atoms with E-state index in [9.17, 15) is 5.11 Å². The summed E-state index contributed by atoms with van der Waals surface area (Å²) in [6, 6.07) is 20.8. The van der Waals surface area contributed by atoms with Crippen LogP contribution in [0.15, 0.2) is 83.8 Å². The summed E-state index contributed by atoms with van der Waals surface area (Å²) in [5.41, 5.74) is 12.3. The molecule has 6 heteroatoms. The number of rotatable bonds is 4. The van der Waals surface area contributed by atoms with Gasteiger partial charge in [-0.1, -0.05) is 48.5 Å². The van der Waals surface area contributed by atoms with Gasteiger partial charge in [-0.25, -0.2) is 9.98 Å². The van der Waals surface area contributed by atoms with Crippen LogP contribution in [0.1, 0.15) is 18.4 Å². The van der Waals surface area contributed by atoms with Crippen molar-refractivity contribution in [3.63, 3.8) is 0 Å². The van der Waals surface area contributed by atoms with E-state index in [0.29, 0.717) is 17.7 Å². The molecule has 0 bridgehead atoms. The molecule has 3 heterocycles. The van der Waals surface area contributed by atoms with Crippen molar-refractivity contribution in [1.29, 1.82) is 0 Å². The van der Waals surface area contributed by atoms with Crippen LogP contribution in [0.2, 0.25) is 0 Å². The number of aromatic nitrogens is 1. The number of aliphatic hydroxyl groups is 1. The maximum Gasteiger partial charge on any atom is 0.149 e. The summed E-state index contributed by atoms with van der Waals surface area (Å²) in [6.07, 6.45) is 5.89. The molecule has 6 nitrogen and oxygen atoms in total. The molecule has 160 valence electrons. The minimum Gasteiger partial charge on any atom is -0.396 e. The van der Waals surface area contributed by atoms with Crippen molar-refractivity contribution in [2.24, 2.45) is 22.6 Å². The van der Waals surface area contributed by atoms with Crippen molar-refractivity contribution < 1.29 is 5.11 Å². The average molecular weight is 424 g/mol. The van der Waals surface area contributed by atoms with E-state index in [1.807, 2.05) is 24.4 Å². The lowest BCUT2D eigenvalue weighted by Crippen LogP contribution is -2.48. The molecule has 1 fully saturated rings. The van der Waals surface area contributed by atoms with Crippen LogP contribution in [-0.2, 0) is 0 Å². The first-order valence-electron chi connectivity index (χ1n) is 11.1. The Morgan fingerprint density at radius 2 is 1.84 bits per heavy atom. The van der Waals surface area contributed by atoms with Crippen LogP contribution in [-0.4, -0.2) is 33.6 Å². The zero-order valence-corrected chi connectivity index (χ0v) is 17.6. The van der Waals surface area contributed by atoms with E-state index in [1.165, 1.54) is 0 Å². The van der Waals surface area contributed by atoms with E-state index in [1.54, 1.807) is 6.20 Å². The molecule has 32 heavy (non-hydrogen) atoms. The van der Waals surface area contributed by atoms with Gasteiger partial charge in [0, 0.05) is 35.5 Å². The molecule has 0 radical (unpaired) electrons. The number of hydrogen-bond donors (Lipinski definition) is 3. The molecule has 6 rings (SSSR count). The Morgan fingerprint density at radius 1 is 1.03 bits per heavy atom. The van der Waals surface area contributed by atoms with Crippen molar-refractivity contribution in [2.75, 3.05) is 6.61 Å². The van der Waals surface area contributed by atoms with Crippen molar-refractivity contribution in [1.82, 2.24) is 15.2 Å². The fourth-order valence-corrected chi connectivity index (χ4v) is 5.03. The van der Waals surface area contributed by atoms with Crippen LogP contribution >= 0.6 is 0 Å². The summed E-state index contributed by atoms with van der Waals surface area (Å²) in [7, 11) is 0. The lowest BCUT2D eigenvalue weighted by molar-refractivity contribution is 0.0588. The topological polar surface area (TPSA) is 86.8 Å². The number of aliphatic imine (C=N–C) groups is 1. The first kappa shape index (κ1) is 19.1. The number of aliphatic hydroxyl groups excluding tert-OH is 1. The van der Waals surface area contributed by atoms with Gasteiger partial charge < -0.3 is 21.1 Å². The molecule has 1 aliphatic carbocycles. The van der Waals surface area contributed by atoms with Gasteiger partial charge in [-0.3, -0.25) is 0 Å². The zero-order chi connectivity index (χ0) is 21.7. The smallest absolute Gasteiger partial charge is 0.149 e. The quantitative estimate of drug-likeness (QED) is 0.596. The Balaban J connectivity index is 1.39. The molecule has 0 saturated heterocycles. The standard InChI is InChI=1S/C26H25N5O/c27-25-24-23(30-26(31(24)11-10-28-25)20-12-16(13-20)15-32)19-7-6-18-8-9-21(29-22(18)14-19)17-4-2-1-3-5-17/h1-11,14,16,20,26,30,32H,12-13,15H2,(H2,27,28). The van der Waals surface area contributed by atoms with Gasteiger partial charge >= 0.3 is 0 Å². The van der Waals surface area contributed by atoms with Crippen LogP contribution in [0, 0.1) is 11.8 Å². The lowest BCUT2D eigenvalue weighted by atomic mass is 9.73. The van der Waals surface area contributed by atoms with Gasteiger partial charge in [0.05, 0.1) is 16.9 Å². The Hall–Kier alpha value is -3.64. The number of hydrogen-bond acceptors (Lipinski definition) is 6. The molecule has 1 saturated carbocycles. The first-order valence-corrected chi connectivity index (χ1v) is 11.1. The Morgan fingerprint density at radius 3 is 2.66 bits per heavy atom. The van der Waals surface area contributed by atoms with Crippen LogP contribution in [0.3, 0.4) is 0 Å². The van der Waals surface area contributed by atoms with E-state index in [0.717, 1.165) is 52.0 Å². The molecular formula is C26H25N5O. The highest BCUT2D eigenvalue weighted by Gasteiger charge is 2.43. The second kappa shape index (κ2) is 7.50. The summed E-state index contributed by atoms with van der Waals surface area (Å²) in [5, 5.41) is 14.3. The third-order valence-electron chi connectivity index (χ3n) is 6.80. The summed E-state index contributed by atoms with van der Waals surface area (Å²) in [6.45, 7) is 0.260. The number of amidine groups is 1. The fraction of sp³-hybridized carbons (Fsp3) is 0.231. The number of fused-ring (bicyclic) bond motifs is 2. The predicted molar refractivity (Wildman–Crippen MR) is 127 cm³/mol. The molecule has 3 aliphatic rings. The number of nitrogens with zero attached hydrogens (tertiary/aromatic N) is 3. The molecule has 2 aromatic carbocycles. The van der Waals surface area contributed by atoms with Gasteiger partial charge in [0.1, 0.15) is 17.7 Å². The van der Waals surface area contributed by atoms with Gasteiger partial charge in [-0.15, -0.1) is 0 Å². The predicted octanol–water partition coefficient (Wildman–Crippen LogP) is 3.66. The number of nitrogens with one attached hydrogen (secondary N) is 1. The maximum atomic E-state index is 9.45. The zero-order valence-electron chi connectivity index (χ0n) is 17.6. The molecule has 3 aromatic rings. The minimum absolute atomic E-state index is 0.118. The van der Waals surface area contributed by atoms with Gasteiger partial charge in [0.25, 0.3) is 0 Å². The van der Waals surface area contributed by atoms with Gasteiger partial charge in [0.15, 0.2) is 0 Å². The maximum absolute atomic E-state index is 9.45. The van der Waals surface area contributed by atoms with E-state index < -0.39 is 0 Å². The van der Waals surface area contributed by atoms with Crippen LogP contribution < -0.4 is 11.1 Å². The average Bonchev–Trinajstić information content (AvgIpc) is 3.19. The second-order valence-corrected chi connectivity index (χ2v) is 8.78. The largest absolute Gasteiger partial charge is 0.396 e. The first-order chi connectivity index (χ1) is 15.7. The highest BCUT2D eigenvalue weighted by atomic mass is 16.3. The van der Waals surface area contributed by atoms with Crippen LogP contribution in [0.5, 0.6) is 0 Å². The third kappa shape index (κ3) is 3.07. The monoisotopic (exact) mass is 423 g/mol. The van der Waals surface area contributed by atoms with E-state index in [-0.39, 0.29) is 12.8 Å². The van der Waals surface area contributed by atoms with Gasteiger partial charge in [-0.2, -0.15) is 0 Å². The van der Waals surface area contributed by atoms with E-state index >= 15 is 0 Å². The van der Waals surface area contributed by atoms with Crippen LogP contribution in [0.4, 0.5) is 0 Å². The van der Waals surface area contributed by atoms with Crippen molar-refractivity contribution in [3.8, 4) is 11.3 Å². The van der Waals surface area contributed by atoms with Gasteiger partial charge in [-0.05, 0) is 36.8 Å². The molecular weight excluding hydrogens is 398 g/mol. The highest BCUT2D eigenvalue weighted by Crippen LogP contribution is 2.42. The molecule has 0 spiro atoms. The Labute approximate surface area is 186 Å². The summed E-state index contributed by atoms with van der Waals surface area (Å²) < 4.78 is 0. The Kier molecular flexibility index (Phi) is 4.47. The van der Waals surface area contributed by atoms with E-state index in [2.05, 4.69) is 57.7 Å². The van der Waals surface area contributed by atoms with Gasteiger partial charge in [0.2, 0.25) is 0 Å².